The van der Waals surface area contributed by atoms with Crippen LogP contribution >= 0.6 is 0 Å². The highest BCUT2D eigenvalue weighted by Crippen LogP contribution is 2.19. The number of ether oxygens (including phenoxy) is 1. The largest absolute Gasteiger partial charge is 0.422 e. The molecule has 1 amide bonds. The number of aromatic nitrogens is 4. The van der Waals surface area contributed by atoms with E-state index in [0.717, 1.165) is 18.8 Å². The van der Waals surface area contributed by atoms with Crippen molar-refractivity contribution in [1.29, 1.82) is 0 Å². The molecule has 8 heteroatoms. The van der Waals surface area contributed by atoms with Crippen LogP contribution in [-0.4, -0.2) is 51.1 Å². The zero-order valence-corrected chi connectivity index (χ0v) is 12.9. The number of tetrazole rings is 1. The second-order valence-corrected chi connectivity index (χ2v) is 5.56. The summed E-state index contributed by atoms with van der Waals surface area (Å²) in [5.74, 6) is 0.593. The molecule has 122 valence electrons. The highest BCUT2D eigenvalue weighted by molar-refractivity contribution is 5.92. The molecule has 0 spiro atoms. The number of hydrogen-bond acceptors (Lipinski definition) is 6. The third kappa shape index (κ3) is 4.75. The second kappa shape index (κ2) is 7.68. The van der Waals surface area contributed by atoms with Crippen LogP contribution in [-0.2, 0) is 4.79 Å². The van der Waals surface area contributed by atoms with Gasteiger partial charge in [0.05, 0.1) is 6.54 Å². The molecular weight excluding hydrogens is 296 g/mol. The van der Waals surface area contributed by atoms with Crippen LogP contribution in [0.25, 0.3) is 0 Å². The maximum Gasteiger partial charge on any atom is 0.361 e. The molecule has 2 N–H and O–H groups in total. The van der Waals surface area contributed by atoms with Gasteiger partial charge >= 0.3 is 6.01 Å². The van der Waals surface area contributed by atoms with Crippen LogP contribution < -0.4 is 10.1 Å². The Morgan fingerprint density at radius 2 is 1.91 bits per heavy atom. The van der Waals surface area contributed by atoms with Gasteiger partial charge in [-0.05, 0) is 55.4 Å². The van der Waals surface area contributed by atoms with Gasteiger partial charge in [0.2, 0.25) is 5.91 Å². The van der Waals surface area contributed by atoms with Gasteiger partial charge in [0.1, 0.15) is 5.75 Å². The van der Waals surface area contributed by atoms with Crippen LogP contribution in [0.2, 0.25) is 0 Å². The first-order chi connectivity index (χ1) is 11.3. The maximum absolute atomic E-state index is 12.1. The van der Waals surface area contributed by atoms with Gasteiger partial charge in [-0.2, -0.15) is 5.21 Å². The Morgan fingerprint density at radius 3 is 2.57 bits per heavy atom. The smallest absolute Gasteiger partial charge is 0.361 e. The molecule has 23 heavy (non-hydrogen) atoms. The average molecular weight is 316 g/mol. The number of benzene rings is 1. The molecule has 0 bridgehead atoms. The SMILES string of the molecule is O=C(CN1CCCCCC1)Nc1ccc(Oc2nn[nH]n2)cc1. The summed E-state index contributed by atoms with van der Waals surface area (Å²) < 4.78 is 5.38. The molecule has 1 aromatic carbocycles. The monoisotopic (exact) mass is 316 g/mol. The molecule has 0 atom stereocenters. The van der Waals surface area contributed by atoms with Crippen molar-refractivity contribution in [1.82, 2.24) is 25.5 Å². The number of anilines is 1. The molecule has 1 aliphatic rings. The summed E-state index contributed by atoms with van der Waals surface area (Å²) in [5, 5.41) is 16.1. The molecule has 0 radical (unpaired) electrons. The fraction of sp³-hybridized carbons (Fsp3) is 0.467. The predicted octanol–water partition coefficient (Wildman–Crippen LogP) is 1.81. The van der Waals surface area contributed by atoms with E-state index in [-0.39, 0.29) is 11.9 Å². The lowest BCUT2D eigenvalue weighted by atomic mass is 10.2. The van der Waals surface area contributed by atoms with Gasteiger partial charge in [0, 0.05) is 5.69 Å². The number of aromatic amines is 1. The van der Waals surface area contributed by atoms with Gasteiger partial charge in [0.15, 0.2) is 0 Å². The van der Waals surface area contributed by atoms with Crippen LogP contribution in [0.4, 0.5) is 5.69 Å². The number of carbonyl (C=O) groups excluding carboxylic acids is 1. The van der Waals surface area contributed by atoms with Gasteiger partial charge in [-0.1, -0.05) is 23.0 Å². The average Bonchev–Trinajstić information content (AvgIpc) is 2.92. The van der Waals surface area contributed by atoms with Crippen molar-refractivity contribution in [3.8, 4) is 11.8 Å². The normalized spacial score (nSPS) is 15.8. The Kier molecular flexibility index (Phi) is 5.15. The van der Waals surface area contributed by atoms with E-state index in [1.165, 1.54) is 25.7 Å². The Bertz CT molecular complexity index is 605. The molecule has 2 aromatic rings. The van der Waals surface area contributed by atoms with Crippen molar-refractivity contribution in [2.24, 2.45) is 0 Å². The highest BCUT2D eigenvalue weighted by Gasteiger charge is 2.13. The predicted molar refractivity (Wildman–Crippen MR) is 84.2 cm³/mol. The summed E-state index contributed by atoms with van der Waals surface area (Å²) >= 11 is 0. The minimum atomic E-state index is 0.0127. The molecule has 1 aliphatic heterocycles. The molecule has 0 saturated carbocycles. The van der Waals surface area contributed by atoms with E-state index in [0.29, 0.717) is 12.3 Å². The summed E-state index contributed by atoms with van der Waals surface area (Å²) in [7, 11) is 0. The third-order valence-electron chi connectivity index (χ3n) is 3.74. The van der Waals surface area contributed by atoms with Crippen LogP contribution in [0.1, 0.15) is 25.7 Å². The number of rotatable bonds is 5. The summed E-state index contributed by atoms with van der Waals surface area (Å²) in [4.78, 5) is 14.3. The van der Waals surface area contributed by atoms with Crippen molar-refractivity contribution >= 4 is 11.6 Å². The van der Waals surface area contributed by atoms with Gasteiger partial charge in [-0.3, -0.25) is 9.69 Å². The second-order valence-electron chi connectivity index (χ2n) is 5.56. The van der Waals surface area contributed by atoms with E-state index < -0.39 is 0 Å². The molecule has 0 aliphatic carbocycles. The topological polar surface area (TPSA) is 96.0 Å². The van der Waals surface area contributed by atoms with Crippen molar-refractivity contribution in [2.75, 3.05) is 25.0 Å². The third-order valence-corrected chi connectivity index (χ3v) is 3.74. The summed E-state index contributed by atoms with van der Waals surface area (Å²) in [6.07, 6.45) is 4.88. The quantitative estimate of drug-likeness (QED) is 0.873. The zero-order valence-electron chi connectivity index (χ0n) is 12.9. The minimum Gasteiger partial charge on any atom is -0.422 e. The number of H-pyrrole nitrogens is 1. The summed E-state index contributed by atoms with van der Waals surface area (Å²) in [6, 6.07) is 7.23. The Hall–Kier alpha value is -2.48. The van der Waals surface area contributed by atoms with E-state index in [2.05, 4.69) is 30.8 Å². The molecule has 2 heterocycles. The first-order valence-corrected chi connectivity index (χ1v) is 7.83. The van der Waals surface area contributed by atoms with E-state index in [1.807, 2.05) is 0 Å². The highest BCUT2D eigenvalue weighted by atomic mass is 16.5. The number of nitrogens with one attached hydrogen (secondary N) is 2. The van der Waals surface area contributed by atoms with Crippen LogP contribution in [0.5, 0.6) is 11.8 Å². The zero-order chi connectivity index (χ0) is 15.9. The van der Waals surface area contributed by atoms with Crippen molar-refractivity contribution in [3.63, 3.8) is 0 Å². The summed E-state index contributed by atoms with van der Waals surface area (Å²) in [5.41, 5.74) is 0.741. The fourth-order valence-electron chi connectivity index (χ4n) is 2.61. The van der Waals surface area contributed by atoms with E-state index in [9.17, 15) is 4.79 Å². The molecule has 1 saturated heterocycles. The van der Waals surface area contributed by atoms with Crippen molar-refractivity contribution in [2.45, 2.75) is 25.7 Å². The van der Waals surface area contributed by atoms with E-state index >= 15 is 0 Å². The lowest BCUT2D eigenvalue weighted by molar-refractivity contribution is -0.117. The van der Waals surface area contributed by atoms with Gasteiger partial charge in [-0.25, -0.2) is 0 Å². The lowest BCUT2D eigenvalue weighted by Crippen LogP contribution is -2.33. The summed E-state index contributed by atoms with van der Waals surface area (Å²) in [6.45, 7) is 2.46. The Balaban J connectivity index is 1.50. The fourth-order valence-corrected chi connectivity index (χ4v) is 2.61. The number of amides is 1. The number of nitrogens with zero attached hydrogens (tertiary/aromatic N) is 4. The number of likely N-dealkylation sites (tertiary alicyclic amines) is 1. The lowest BCUT2D eigenvalue weighted by Gasteiger charge is -2.19. The first kappa shape index (κ1) is 15.4. The Morgan fingerprint density at radius 1 is 1.17 bits per heavy atom. The van der Waals surface area contributed by atoms with Crippen molar-refractivity contribution in [3.05, 3.63) is 24.3 Å². The Labute approximate surface area is 134 Å². The van der Waals surface area contributed by atoms with Crippen LogP contribution in [0, 0.1) is 0 Å². The molecule has 3 rings (SSSR count). The number of hydrogen-bond donors (Lipinski definition) is 2. The standard InChI is InChI=1S/C15H20N6O2/c22-14(11-21-9-3-1-2-4-10-21)16-12-5-7-13(8-6-12)23-15-17-19-20-18-15/h5-8H,1-4,9-11H2,(H,16,22)(H,17,18,19,20). The van der Waals surface area contributed by atoms with Gasteiger partial charge < -0.3 is 10.1 Å². The first-order valence-electron chi connectivity index (χ1n) is 7.83. The molecular formula is C15H20N6O2. The van der Waals surface area contributed by atoms with Gasteiger partial charge in [-0.15, -0.1) is 0 Å². The van der Waals surface area contributed by atoms with E-state index in [4.69, 9.17) is 4.74 Å². The number of carbonyl (C=O) groups is 1. The minimum absolute atomic E-state index is 0.0127. The molecule has 1 aromatic heterocycles. The molecule has 0 unspecified atom stereocenters. The van der Waals surface area contributed by atoms with Crippen LogP contribution in [0.15, 0.2) is 24.3 Å². The van der Waals surface area contributed by atoms with E-state index in [1.54, 1.807) is 24.3 Å². The molecule has 8 nitrogen and oxygen atoms in total. The maximum atomic E-state index is 12.1. The molecule has 1 fully saturated rings. The van der Waals surface area contributed by atoms with Crippen molar-refractivity contribution < 1.29 is 9.53 Å². The van der Waals surface area contributed by atoms with Gasteiger partial charge in [0.25, 0.3) is 0 Å². The van der Waals surface area contributed by atoms with Crippen LogP contribution in [0.3, 0.4) is 0 Å².